The van der Waals surface area contributed by atoms with E-state index in [2.05, 4.69) is 17.1 Å². The van der Waals surface area contributed by atoms with Crippen molar-refractivity contribution >= 4 is 12.2 Å². The van der Waals surface area contributed by atoms with Gasteiger partial charge >= 0.3 is 5.97 Å². The Morgan fingerprint density at radius 3 is 2.26 bits per heavy atom. The molecule has 0 aromatic rings. The van der Waals surface area contributed by atoms with Crippen molar-refractivity contribution in [2.45, 2.75) is 71.9 Å². The first kappa shape index (κ1) is 15.9. The molecule has 0 N–H and O–H groups in total. The number of ether oxygens (including phenoxy) is 1. The third-order valence-electron chi connectivity index (χ3n) is 2.96. The highest BCUT2D eigenvalue weighted by Gasteiger charge is 2.36. The summed E-state index contributed by atoms with van der Waals surface area (Å²) in [6.45, 7) is 11.8. The van der Waals surface area contributed by atoms with Crippen LogP contribution in [-0.4, -0.2) is 23.3 Å². The average Bonchev–Trinajstić information content (AvgIpc) is 2.26. The Hall–Kier alpha value is -1.12. The van der Waals surface area contributed by atoms with Gasteiger partial charge in [0.1, 0.15) is 0 Å². The molecule has 19 heavy (non-hydrogen) atoms. The van der Waals surface area contributed by atoms with Crippen LogP contribution in [0.15, 0.2) is 17.1 Å². The zero-order chi connectivity index (χ0) is 14.7. The summed E-state index contributed by atoms with van der Waals surface area (Å²) < 4.78 is 5.80. The Bertz CT molecular complexity index is 383. The van der Waals surface area contributed by atoms with E-state index in [1.54, 1.807) is 0 Å². The monoisotopic (exact) mass is 265 g/mol. The summed E-state index contributed by atoms with van der Waals surface area (Å²) >= 11 is 0. The standard InChI is InChI=1S/C16H27NO2/c1-14(2,3)13(18)19-16(10-8-7-9-11-16)12-17-15(4,5)6/h7-8,12H,9-11H2,1-6H3. The van der Waals surface area contributed by atoms with Crippen molar-refractivity contribution in [3.8, 4) is 0 Å². The highest BCUT2D eigenvalue weighted by Crippen LogP contribution is 2.30. The molecule has 0 radical (unpaired) electrons. The molecule has 0 saturated heterocycles. The van der Waals surface area contributed by atoms with E-state index in [0.29, 0.717) is 6.42 Å². The third kappa shape index (κ3) is 5.17. The van der Waals surface area contributed by atoms with Crippen LogP contribution in [0.3, 0.4) is 0 Å². The second-order valence-corrected chi connectivity index (χ2v) is 7.35. The Morgan fingerprint density at radius 2 is 1.84 bits per heavy atom. The summed E-state index contributed by atoms with van der Waals surface area (Å²) in [4.78, 5) is 16.7. The molecule has 1 atom stereocenters. The molecule has 0 aliphatic heterocycles. The lowest BCUT2D eigenvalue weighted by Crippen LogP contribution is -2.41. The van der Waals surface area contributed by atoms with Crippen molar-refractivity contribution in [1.82, 2.24) is 0 Å². The molecule has 1 aliphatic rings. The third-order valence-corrected chi connectivity index (χ3v) is 2.96. The summed E-state index contributed by atoms with van der Waals surface area (Å²) in [7, 11) is 0. The normalized spacial score (nSPS) is 24.7. The number of allylic oxidation sites excluding steroid dienone is 1. The molecule has 0 fully saturated rings. The smallest absolute Gasteiger partial charge is 0.312 e. The first-order chi connectivity index (χ1) is 8.54. The van der Waals surface area contributed by atoms with Gasteiger partial charge in [-0.1, -0.05) is 12.2 Å². The van der Waals surface area contributed by atoms with Gasteiger partial charge in [0.2, 0.25) is 0 Å². The predicted octanol–water partition coefficient (Wildman–Crippen LogP) is 3.92. The first-order valence-electron chi connectivity index (χ1n) is 6.99. The highest BCUT2D eigenvalue weighted by atomic mass is 16.6. The molecule has 0 heterocycles. The van der Waals surface area contributed by atoms with Crippen molar-refractivity contribution in [2.75, 3.05) is 0 Å². The van der Waals surface area contributed by atoms with Gasteiger partial charge in [0, 0.05) is 12.6 Å². The van der Waals surface area contributed by atoms with E-state index < -0.39 is 11.0 Å². The minimum atomic E-state index is -0.563. The molecule has 0 saturated carbocycles. The zero-order valence-corrected chi connectivity index (χ0v) is 13.1. The van der Waals surface area contributed by atoms with Crippen molar-refractivity contribution in [2.24, 2.45) is 10.4 Å². The van der Waals surface area contributed by atoms with Gasteiger partial charge in [0.05, 0.1) is 11.0 Å². The molecule has 0 spiro atoms. The lowest BCUT2D eigenvalue weighted by atomic mass is 9.88. The van der Waals surface area contributed by atoms with Crippen LogP contribution in [0.5, 0.6) is 0 Å². The molecule has 3 heteroatoms. The van der Waals surface area contributed by atoms with Crippen molar-refractivity contribution < 1.29 is 9.53 Å². The second-order valence-electron chi connectivity index (χ2n) is 7.35. The summed E-state index contributed by atoms with van der Waals surface area (Å²) in [6.07, 6.45) is 8.51. The fourth-order valence-electron chi connectivity index (χ4n) is 1.72. The minimum absolute atomic E-state index is 0.150. The number of hydrogen-bond donors (Lipinski definition) is 0. The van der Waals surface area contributed by atoms with E-state index >= 15 is 0 Å². The second kappa shape index (κ2) is 5.48. The maximum atomic E-state index is 12.2. The van der Waals surface area contributed by atoms with E-state index in [0.717, 1.165) is 12.8 Å². The average molecular weight is 265 g/mol. The molecule has 0 aromatic carbocycles. The highest BCUT2D eigenvalue weighted by molar-refractivity contribution is 5.80. The number of esters is 1. The topological polar surface area (TPSA) is 38.7 Å². The van der Waals surface area contributed by atoms with Crippen molar-refractivity contribution in [3.05, 3.63) is 12.2 Å². The maximum Gasteiger partial charge on any atom is 0.312 e. The summed E-state index contributed by atoms with van der Waals surface area (Å²) in [5, 5.41) is 0. The fourth-order valence-corrected chi connectivity index (χ4v) is 1.72. The van der Waals surface area contributed by atoms with E-state index in [-0.39, 0.29) is 11.5 Å². The van der Waals surface area contributed by atoms with Crippen LogP contribution in [0.1, 0.15) is 60.8 Å². The minimum Gasteiger partial charge on any atom is -0.452 e. The van der Waals surface area contributed by atoms with Crippen LogP contribution in [0, 0.1) is 5.41 Å². The number of aliphatic imine (C=N–C) groups is 1. The van der Waals surface area contributed by atoms with Gasteiger partial charge in [-0.3, -0.25) is 9.79 Å². The van der Waals surface area contributed by atoms with E-state index in [9.17, 15) is 4.79 Å². The summed E-state index contributed by atoms with van der Waals surface area (Å²) in [6, 6.07) is 0. The van der Waals surface area contributed by atoms with Gasteiger partial charge < -0.3 is 4.74 Å². The van der Waals surface area contributed by atoms with E-state index in [1.807, 2.05) is 47.8 Å². The van der Waals surface area contributed by atoms with Crippen molar-refractivity contribution in [1.29, 1.82) is 0 Å². The van der Waals surface area contributed by atoms with Gasteiger partial charge in [-0.05, 0) is 54.4 Å². The zero-order valence-electron chi connectivity index (χ0n) is 13.1. The Kier molecular flexibility index (Phi) is 4.59. The van der Waals surface area contributed by atoms with Crippen molar-refractivity contribution in [3.63, 3.8) is 0 Å². The molecule has 0 aromatic heterocycles. The van der Waals surface area contributed by atoms with Gasteiger partial charge in [-0.15, -0.1) is 0 Å². The SMILES string of the molecule is CC(C)(C)N=CC1(OC(=O)C(C)(C)C)CC=CCC1. The van der Waals surface area contributed by atoms with Crippen LogP contribution < -0.4 is 0 Å². The fraction of sp³-hybridized carbons (Fsp3) is 0.750. The van der Waals surface area contributed by atoms with Gasteiger partial charge in [-0.25, -0.2) is 0 Å². The quantitative estimate of drug-likeness (QED) is 0.431. The largest absolute Gasteiger partial charge is 0.452 e. The number of nitrogens with zero attached hydrogens (tertiary/aromatic N) is 1. The number of carbonyl (C=O) groups excluding carboxylic acids is 1. The molecule has 1 rings (SSSR count). The molecule has 108 valence electrons. The van der Waals surface area contributed by atoms with Gasteiger partial charge in [-0.2, -0.15) is 0 Å². The first-order valence-corrected chi connectivity index (χ1v) is 6.99. The van der Waals surface area contributed by atoms with E-state index in [4.69, 9.17) is 4.74 Å². The molecule has 0 amide bonds. The Morgan fingerprint density at radius 1 is 1.21 bits per heavy atom. The van der Waals surface area contributed by atoms with Crippen LogP contribution in [0.4, 0.5) is 0 Å². The van der Waals surface area contributed by atoms with Gasteiger partial charge in [0.15, 0.2) is 5.60 Å². The molecule has 1 unspecified atom stereocenters. The Labute approximate surface area is 117 Å². The molecule has 0 bridgehead atoms. The van der Waals surface area contributed by atoms with Gasteiger partial charge in [0.25, 0.3) is 0 Å². The Balaban J connectivity index is 2.92. The molecule has 1 aliphatic carbocycles. The lowest BCUT2D eigenvalue weighted by Gasteiger charge is -2.34. The summed E-state index contributed by atoms with van der Waals surface area (Å²) in [5.74, 6) is -0.164. The maximum absolute atomic E-state index is 12.2. The number of hydrogen-bond acceptors (Lipinski definition) is 3. The lowest BCUT2D eigenvalue weighted by molar-refractivity contribution is -0.163. The van der Waals surface area contributed by atoms with Crippen LogP contribution >= 0.6 is 0 Å². The van der Waals surface area contributed by atoms with Crippen LogP contribution in [-0.2, 0) is 9.53 Å². The van der Waals surface area contributed by atoms with E-state index in [1.165, 1.54) is 0 Å². The number of carbonyl (C=O) groups is 1. The molecular formula is C16H27NO2. The molecular weight excluding hydrogens is 238 g/mol. The van der Waals surface area contributed by atoms with Crippen LogP contribution in [0.2, 0.25) is 0 Å². The predicted molar refractivity (Wildman–Crippen MR) is 79.5 cm³/mol. The van der Waals surface area contributed by atoms with Crippen LogP contribution in [0.25, 0.3) is 0 Å². The number of rotatable bonds is 2. The summed E-state index contributed by atoms with van der Waals surface area (Å²) in [5.41, 5.74) is -1.20. The molecule has 3 nitrogen and oxygen atoms in total.